The van der Waals surface area contributed by atoms with Gasteiger partial charge in [-0.25, -0.2) is 4.39 Å². The zero-order valence-corrected chi connectivity index (χ0v) is 13.4. The van der Waals surface area contributed by atoms with E-state index >= 15 is 0 Å². The van der Waals surface area contributed by atoms with Crippen LogP contribution in [0.3, 0.4) is 0 Å². The Kier molecular flexibility index (Phi) is 6.16. The zero-order chi connectivity index (χ0) is 16.7. The predicted octanol–water partition coefficient (Wildman–Crippen LogP) is 2.95. The monoisotopic (exact) mass is 320 g/mol. The molecule has 1 amide bonds. The van der Waals surface area contributed by atoms with Crippen molar-refractivity contribution in [3.05, 3.63) is 41.7 Å². The molecule has 1 saturated carbocycles. The lowest BCUT2D eigenvalue weighted by Gasteiger charge is -2.30. The van der Waals surface area contributed by atoms with E-state index in [9.17, 15) is 9.18 Å². The van der Waals surface area contributed by atoms with Crippen LogP contribution in [0.15, 0.2) is 36.2 Å². The average Bonchev–Trinajstić information content (AvgIpc) is 2.83. The molecule has 1 aliphatic carbocycles. The third kappa shape index (κ3) is 4.10. The van der Waals surface area contributed by atoms with Crippen molar-refractivity contribution < 1.29 is 13.9 Å². The van der Waals surface area contributed by atoms with Crippen LogP contribution in [-0.4, -0.2) is 19.1 Å². The number of halogens is 1. The van der Waals surface area contributed by atoms with E-state index in [1.165, 1.54) is 0 Å². The Hall–Kier alpha value is -1.88. The third-order valence-corrected chi connectivity index (χ3v) is 4.68. The SMILES string of the molecule is NCC(=CF)COc1ccc(C2(C(N)=O)CCCCCC2)cc1. The Morgan fingerprint density at radius 3 is 2.26 bits per heavy atom. The standard InChI is InChI=1S/C18H25FN2O2/c19-11-14(12-20)13-23-16-7-5-15(6-8-16)18(17(21)22)9-3-1-2-4-10-18/h5-8,11H,1-4,9-10,12-13,20H2,(H2,21,22). The number of rotatable bonds is 6. The van der Waals surface area contributed by atoms with Gasteiger partial charge in [0.15, 0.2) is 0 Å². The lowest BCUT2D eigenvalue weighted by molar-refractivity contribution is -0.124. The normalized spacial score (nSPS) is 18.3. The molecule has 2 rings (SSSR count). The molecule has 4 nitrogen and oxygen atoms in total. The fourth-order valence-electron chi connectivity index (χ4n) is 3.19. The summed E-state index contributed by atoms with van der Waals surface area (Å²) in [6, 6.07) is 7.40. The van der Waals surface area contributed by atoms with Crippen molar-refractivity contribution >= 4 is 5.91 Å². The molecule has 0 unspecified atom stereocenters. The van der Waals surface area contributed by atoms with E-state index in [4.69, 9.17) is 16.2 Å². The maximum atomic E-state index is 12.5. The highest BCUT2D eigenvalue weighted by Gasteiger charge is 2.38. The first-order chi connectivity index (χ1) is 11.1. The van der Waals surface area contributed by atoms with Crippen molar-refractivity contribution in [1.29, 1.82) is 0 Å². The van der Waals surface area contributed by atoms with Gasteiger partial charge in [0.1, 0.15) is 12.4 Å². The summed E-state index contributed by atoms with van der Waals surface area (Å²) in [4.78, 5) is 12.1. The highest BCUT2D eigenvalue weighted by atomic mass is 19.1. The molecule has 0 heterocycles. The topological polar surface area (TPSA) is 78.3 Å². The van der Waals surface area contributed by atoms with E-state index in [0.717, 1.165) is 44.1 Å². The van der Waals surface area contributed by atoms with Gasteiger partial charge in [0, 0.05) is 12.1 Å². The summed E-state index contributed by atoms with van der Waals surface area (Å²) in [5.74, 6) is 0.369. The number of amides is 1. The molecule has 5 heteroatoms. The summed E-state index contributed by atoms with van der Waals surface area (Å²) in [5.41, 5.74) is 11.9. The van der Waals surface area contributed by atoms with Gasteiger partial charge in [-0.05, 0) is 30.5 Å². The molecule has 0 aliphatic heterocycles. The third-order valence-electron chi connectivity index (χ3n) is 4.68. The Balaban J connectivity index is 2.14. The summed E-state index contributed by atoms with van der Waals surface area (Å²) >= 11 is 0. The van der Waals surface area contributed by atoms with Gasteiger partial charge in [-0.1, -0.05) is 37.8 Å². The first kappa shape index (κ1) is 17.5. The van der Waals surface area contributed by atoms with Crippen molar-refractivity contribution in [2.24, 2.45) is 11.5 Å². The number of hydrogen-bond acceptors (Lipinski definition) is 3. The Labute approximate surface area is 136 Å². The van der Waals surface area contributed by atoms with Crippen LogP contribution >= 0.6 is 0 Å². The average molecular weight is 320 g/mol. The van der Waals surface area contributed by atoms with E-state index in [1.807, 2.05) is 12.1 Å². The van der Waals surface area contributed by atoms with Crippen molar-refractivity contribution in [2.45, 2.75) is 43.9 Å². The van der Waals surface area contributed by atoms with Gasteiger partial charge < -0.3 is 16.2 Å². The number of carbonyl (C=O) groups is 1. The fraction of sp³-hybridized carbons (Fsp3) is 0.500. The molecule has 0 bridgehead atoms. The molecule has 1 aliphatic rings. The first-order valence-electron chi connectivity index (χ1n) is 8.14. The Morgan fingerprint density at radius 2 is 1.78 bits per heavy atom. The lowest BCUT2D eigenvalue weighted by Crippen LogP contribution is -2.40. The molecular formula is C18H25FN2O2. The second kappa shape index (κ2) is 8.11. The number of carbonyl (C=O) groups excluding carboxylic acids is 1. The number of ether oxygens (including phenoxy) is 1. The van der Waals surface area contributed by atoms with Crippen molar-refractivity contribution in [3.63, 3.8) is 0 Å². The van der Waals surface area contributed by atoms with Crippen LogP contribution in [0, 0.1) is 0 Å². The first-order valence-corrected chi connectivity index (χ1v) is 8.14. The maximum Gasteiger partial charge on any atom is 0.228 e. The highest BCUT2D eigenvalue weighted by Crippen LogP contribution is 2.38. The minimum atomic E-state index is -0.573. The highest BCUT2D eigenvalue weighted by molar-refractivity contribution is 5.86. The molecule has 1 fully saturated rings. The number of primary amides is 1. The van der Waals surface area contributed by atoms with E-state index in [-0.39, 0.29) is 19.1 Å². The van der Waals surface area contributed by atoms with Crippen LogP contribution in [0.25, 0.3) is 0 Å². The lowest BCUT2D eigenvalue weighted by atomic mass is 9.73. The molecule has 0 aromatic heterocycles. The molecule has 0 radical (unpaired) electrons. The van der Waals surface area contributed by atoms with Crippen LogP contribution in [0.4, 0.5) is 4.39 Å². The summed E-state index contributed by atoms with van der Waals surface area (Å²) < 4.78 is 18.0. The quantitative estimate of drug-likeness (QED) is 0.791. The van der Waals surface area contributed by atoms with Crippen molar-refractivity contribution in [3.8, 4) is 5.75 Å². The summed E-state index contributed by atoms with van der Waals surface area (Å²) in [6.07, 6.45) is 6.39. The van der Waals surface area contributed by atoms with Crippen molar-refractivity contribution in [2.75, 3.05) is 13.2 Å². The smallest absolute Gasteiger partial charge is 0.228 e. The Bertz CT molecular complexity index is 547. The molecule has 4 N–H and O–H groups in total. The minimum absolute atomic E-state index is 0.118. The van der Waals surface area contributed by atoms with Gasteiger partial charge in [0.25, 0.3) is 0 Å². The molecule has 0 saturated heterocycles. The fourth-order valence-corrected chi connectivity index (χ4v) is 3.19. The molecule has 1 aromatic rings. The van der Waals surface area contributed by atoms with Gasteiger partial charge in [-0.3, -0.25) is 4.79 Å². The summed E-state index contributed by atoms with van der Waals surface area (Å²) in [7, 11) is 0. The summed E-state index contributed by atoms with van der Waals surface area (Å²) in [6.45, 7) is 0.243. The van der Waals surface area contributed by atoms with Crippen molar-refractivity contribution in [1.82, 2.24) is 0 Å². The number of nitrogens with two attached hydrogens (primary N) is 2. The molecular weight excluding hydrogens is 295 g/mol. The van der Waals surface area contributed by atoms with E-state index in [1.54, 1.807) is 12.1 Å². The van der Waals surface area contributed by atoms with Crippen LogP contribution in [0.1, 0.15) is 44.1 Å². The van der Waals surface area contributed by atoms with E-state index < -0.39 is 5.41 Å². The molecule has 23 heavy (non-hydrogen) atoms. The predicted molar refractivity (Wildman–Crippen MR) is 88.8 cm³/mol. The van der Waals surface area contributed by atoms with Crippen LogP contribution in [-0.2, 0) is 10.2 Å². The molecule has 0 atom stereocenters. The van der Waals surface area contributed by atoms with Gasteiger partial charge in [0.05, 0.1) is 11.7 Å². The largest absolute Gasteiger partial charge is 0.489 e. The van der Waals surface area contributed by atoms with Gasteiger partial charge in [-0.2, -0.15) is 0 Å². The minimum Gasteiger partial charge on any atom is -0.489 e. The summed E-state index contributed by atoms with van der Waals surface area (Å²) in [5, 5.41) is 0. The van der Waals surface area contributed by atoms with Crippen LogP contribution < -0.4 is 16.2 Å². The second-order valence-corrected chi connectivity index (χ2v) is 6.15. The molecule has 1 aromatic carbocycles. The van der Waals surface area contributed by atoms with Crippen LogP contribution in [0.2, 0.25) is 0 Å². The second-order valence-electron chi connectivity index (χ2n) is 6.15. The number of hydrogen-bond donors (Lipinski definition) is 2. The Morgan fingerprint density at radius 1 is 1.17 bits per heavy atom. The molecule has 0 spiro atoms. The number of benzene rings is 1. The van der Waals surface area contributed by atoms with Gasteiger partial charge in [-0.15, -0.1) is 0 Å². The maximum absolute atomic E-state index is 12.5. The molecule has 126 valence electrons. The zero-order valence-electron chi connectivity index (χ0n) is 13.4. The van der Waals surface area contributed by atoms with Gasteiger partial charge in [0.2, 0.25) is 5.91 Å². The van der Waals surface area contributed by atoms with Crippen LogP contribution in [0.5, 0.6) is 5.75 Å². The van der Waals surface area contributed by atoms with E-state index in [2.05, 4.69) is 0 Å². The van der Waals surface area contributed by atoms with Gasteiger partial charge >= 0.3 is 0 Å². The van der Waals surface area contributed by atoms with E-state index in [0.29, 0.717) is 17.7 Å².